The number of hydrogen-bond acceptors (Lipinski definition) is 5. The molecule has 1 aliphatic carbocycles. The highest BCUT2D eigenvalue weighted by atomic mass is 15.2. The molecule has 2 N–H and O–H groups in total. The van der Waals surface area contributed by atoms with Gasteiger partial charge < -0.3 is 15.5 Å². The highest BCUT2D eigenvalue weighted by molar-refractivity contribution is 5.55. The summed E-state index contributed by atoms with van der Waals surface area (Å²) in [6.07, 6.45) is 8.62. The number of piperidine rings is 1. The number of rotatable bonds is 3. The summed E-state index contributed by atoms with van der Waals surface area (Å²) in [6, 6.07) is 11.5. The number of aromatic nitrogens is 2. The molecule has 28 heavy (non-hydrogen) atoms. The van der Waals surface area contributed by atoms with Crippen LogP contribution in [0.25, 0.3) is 0 Å². The summed E-state index contributed by atoms with van der Waals surface area (Å²) in [6.45, 7) is 4.75. The second kappa shape index (κ2) is 7.70. The van der Waals surface area contributed by atoms with Crippen LogP contribution in [-0.2, 0) is 6.42 Å². The van der Waals surface area contributed by atoms with Crippen LogP contribution in [0, 0.1) is 0 Å². The van der Waals surface area contributed by atoms with Crippen LogP contribution in [0.5, 0.6) is 0 Å². The second-order valence-corrected chi connectivity index (χ2v) is 8.59. The van der Waals surface area contributed by atoms with E-state index in [9.17, 15) is 0 Å². The van der Waals surface area contributed by atoms with Crippen molar-refractivity contribution in [3.05, 3.63) is 47.2 Å². The third kappa shape index (κ3) is 3.37. The molecule has 2 saturated heterocycles. The summed E-state index contributed by atoms with van der Waals surface area (Å²) < 4.78 is 0. The van der Waals surface area contributed by atoms with Crippen LogP contribution in [0.15, 0.2) is 30.3 Å². The fraction of sp³-hybridized carbons (Fsp3) is 0.565. The average molecular weight is 378 g/mol. The zero-order chi connectivity index (χ0) is 18.9. The molecule has 1 aromatic heterocycles. The van der Waals surface area contributed by atoms with Crippen molar-refractivity contribution in [2.45, 2.75) is 56.9 Å². The maximum Gasteiger partial charge on any atom is 0.222 e. The van der Waals surface area contributed by atoms with Crippen molar-refractivity contribution in [3.8, 4) is 0 Å². The van der Waals surface area contributed by atoms with E-state index in [1.165, 1.54) is 62.0 Å². The van der Waals surface area contributed by atoms with Crippen LogP contribution in [0.2, 0.25) is 0 Å². The summed E-state index contributed by atoms with van der Waals surface area (Å²) in [5.41, 5.74) is 10.1. The van der Waals surface area contributed by atoms with Gasteiger partial charge in [-0.05, 0) is 63.6 Å². The van der Waals surface area contributed by atoms with Crippen molar-refractivity contribution in [2.75, 3.05) is 36.8 Å². The smallest absolute Gasteiger partial charge is 0.222 e. The van der Waals surface area contributed by atoms with Gasteiger partial charge in [0, 0.05) is 30.6 Å². The predicted molar refractivity (Wildman–Crippen MR) is 114 cm³/mol. The molecule has 1 atom stereocenters. The lowest BCUT2D eigenvalue weighted by molar-refractivity contribution is 0.207. The monoisotopic (exact) mass is 377 g/mol. The molecule has 3 aliphatic rings. The normalized spacial score (nSPS) is 23.7. The third-order valence-corrected chi connectivity index (χ3v) is 6.91. The van der Waals surface area contributed by atoms with E-state index in [-0.39, 0.29) is 0 Å². The molecule has 0 radical (unpaired) electrons. The highest BCUT2D eigenvalue weighted by Crippen LogP contribution is 2.39. The molecule has 0 bridgehead atoms. The van der Waals surface area contributed by atoms with Gasteiger partial charge in [-0.2, -0.15) is 4.98 Å². The molecule has 5 nitrogen and oxygen atoms in total. The van der Waals surface area contributed by atoms with Crippen LogP contribution < -0.4 is 10.6 Å². The van der Waals surface area contributed by atoms with Crippen molar-refractivity contribution in [1.29, 1.82) is 0 Å². The van der Waals surface area contributed by atoms with Crippen LogP contribution in [0.4, 0.5) is 11.8 Å². The van der Waals surface area contributed by atoms with Crippen LogP contribution >= 0.6 is 0 Å². The average Bonchev–Trinajstić information content (AvgIpc) is 3.28. The molecule has 5 heteroatoms. The summed E-state index contributed by atoms with van der Waals surface area (Å²) in [5, 5.41) is 0. The van der Waals surface area contributed by atoms with Crippen LogP contribution in [-0.4, -0.2) is 47.1 Å². The Balaban J connectivity index is 1.41. The fourth-order valence-corrected chi connectivity index (χ4v) is 5.48. The third-order valence-electron chi connectivity index (χ3n) is 6.91. The largest absolute Gasteiger partial charge is 0.368 e. The van der Waals surface area contributed by atoms with Gasteiger partial charge in [0.1, 0.15) is 5.82 Å². The van der Waals surface area contributed by atoms with E-state index in [2.05, 4.69) is 40.1 Å². The Labute approximate surface area is 168 Å². The summed E-state index contributed by atoms with van der Waals surface area (Å²) in [7, 11) is 0. The molecule has 148 valence electrons. The standard InChI is InChI=1S/C23H31N5/c24-23-25-21-19(17-7-2-1-3-8-17)9-6-10-20(21)22(26-23)28-15-11-18(12-16-28)27-13-4-5-14-27/h1-3,7-8,18-19H,4-6,9-16H2,(H2,24,25,26). The minimum absolute atomic E-state index is 0.344. The van der Waals surface area contributed by atoms with Gasteiger partial charge in [0.15, 0.2) is 0 Å². The maximum atomic E-state index is 6.20. The number of benzene rings is 1. The van der Waals surface area contributed by atoms with E-state index in [4.69, 9.17) is 15.7 Å². The first-order valence-electron chi connectivity index (χ1n) is 11.0. The Hall–Kier alpha value is -2.14. The lowest BCUT2D eigenvalue weighted by Gasteiger charge is -2.39. The number of hydrogen-bond donors (Lipinski definition) is 1. The molecule has 5 rings (SSSR count). The van der Waals surface area contributed by atoms with E-state index in [0.29, 0.717) is 11.9 Å². The number of likely N-dealkylation sites (tertiary alicyclic amines) is 1. The van der Waals surface area contributed by atoms with E-state index in [0.717, 1.165) is 37.8 Å². The van der Waals surface area contributed by atoms with E-state index < -0.39 is 0 Å². The van der Waals surface area contributed by atoms with Gasteiger partial charge in [0.25, 0.3) is 0 Å². The molecule has 1 aromatic carbocycles. The Morgan fingerprint density at radius 2 is 1.61 bits per heavy atom. The minimum Gasteiger partial charge on any atom is -0.368 e. The first-order valence-corrected chi connectivity index (χ1v) is 11.0. The molecule has 0 amide bonds. The predicted octanol–water partition coefficient (Wildman–Crippen LogP) is 3.59. The Morgan fingerprint density at radius 3 is 2.36 bits per heavy atom. The van der Waals surface area contributed by atoms with Crippen molar-refractivity contribution < 1.29 is 0 Å². The summed E-state index contributed by atoms with van der Waals surface area (Å²) in [4.78, 5) is 14.7. The minimum atomic E-state index is 0.344. The number of fused-ring (bicyclic) bond motifs is 1. The van der Waals surface area contributed by atoms with Crippen molar-refractivity contribution in [2.24, 2.45) is 0 Å². The molecule has 2 aromatic rings. The number of nitrogen functional groups attached to an aromatic ring is 1. The van der Waals surface area contributed by atoms with Crippen LogP contribution in [0.1, 0.15) is 61.3 Å². The summed E-state index contributed by atoms with van der Waals surface area (Å²) in [5.74, 6) is 1.89. The molecule has 0 saturated carbocycles. The van der Waals surface area contributed by atoms with Crippen LogP contribution in [0.3, 0.4) is 0 Å². The Bertz CT molecular complexity index is 807. The number of nitrogens with zero attached hydrogens (tertiary/aromatic N) is 4. The van der Waals surface area contributed by atoms with Crippen molar-refractivity contribution in [3.63, 3.8) is 0 Å². The molecule has 2 fully saturated rings. The van der Waals surface area contributed by atoms with E-state index >= 15 is 0 Å². The lowest BCUT2D eigenvalue weighted by atomic mass is 9.82. The maximum absolute atomic E-state index is 6.20. The Kier molecular flexibility index (Phi) is 4.93. The Morgan fingerprint density at radius 1 is 0.857 bits per heavy atom. The topological polar surface area (TPSA) is 58.3 Å². The first-order chi connectivity index (χ1) is 13.8. The molecule has 3 heterocycles. The van der Waals surface area contributed by atoms with Gasteiger partial charge in [-0.25, -0.2) is 4.98 Å². The number of anilines is 2. The van der Waals surface area contributed by atoms with E-state index in [1.54, 1.807) is 0 Å². The van der Waals surface area contributed by atoms with Gasteiger partial charge in [0.2, 0.25) is 5.95 Å². The van der Waals surface area contributed by atoms with Gasteiger partial charge in [-0.1, -0.05) is 30.3 Å². The SMILES string of the molecule is Nc1nc2c(c(N3CCC(N4CCCC4)CC3)n1)CCCC2c1ccccc1. The summed E-state index contributed by atoms with van der Waals surface area (Å²) >= 11 is 0. The first kappa shape index (κ1) is 17.9. The lowest BCUT2D eigenvalue weighted by Crippen LogP contribution is -2.44. The quantitative estimate of drug-likeness (QED) is 0.886. The second-order valence-electron chi connectivity index (χ2n) is 8.59. The molecular formula is C23H31N5. The number of nitrogens with two attached hydrogens (primary N) is 1. The zero-order valence-corrected chi connectivity index (χ0v) is 16.7. The van der Waals surface area contributed by atoms with Gasteiger partial charge >= 0.3 is 0 Å². The zero-order valence-electron chi connectivity index (χ0n) is 16.7. The van der Waals surface area contributed by atoms with Crippen molar-refractivity contribution in [1.82, 2.24) is 14.9 Å². The molecular weight excluding hydrogens is 346 g/mol. The molecule has 0 spiro atoms. The van der Waals surface area contributed by atoms with E-state index in [1.807, 2.05) is 0 Å². The molecule has 2 aliphatic heterocycles. The molecule has 1 unspecified atom stereocenters. The van der Waals surface area contributed by atoms with Gasteiger partial charge in [-0.15, -0.1) is 0 Å². The fourth-order valence-electron chi connectivity index (χ4n) is 5.48. The van der Waals surface area contributed by atoms with Crippen molar-refractivity contribution >= 4 is 11.8 Å². The highest BCUT2D eigenvalue weighted by Gasteiger charge is 2.31. The van der Waals surface area contributed by atoms with Gasteiger partial charge in [-0.3, -0.25) is 0 Å². The van der Waals surface area contributed by atoms with Gasteiger partial charge in [0.05, 0.1) is 5.69 Å².